The number of hydrogen-bond acceptors (Lipinski definition) is 3. The predicted octanol–water partition coefficient (Wildman–Crippen LogP) is 3.36. The zero-order valence-corrected chi connectivity index (χ0v) is 12.6. The van der Waals surface area contributed by atoms with Crippen molar-refractivity contribution in [3.8, 4) is 5.75 Å². The Kier molecular flexibility index (Phi) is 7.40. The van der Waals surface area contributed by atoms with Crippen molar-refractivity contribution in [3.63, 3.8) is 0 Å². The second kappa shape index (κ2) is 9.13. The van der Waals surface area contributed by atoms with Crippen molar-refractivity contribution < 1.29 is 9.53 Å². The van der Waals surface area contributed by atoms with Crippen LogP contribution in [-0.2, 0) is 4.79 Å². The Hall–Kier alpha value is -1.84. The number of carbonyl (C=O) groups excluding carboxylic acids is 1. The van der Waals surface area contributed by atoms with Crippen molar-refractivity contribution in [1.82, 2.24) is 5.43 Å². The van der Waals surface area contributed by atoms with Crippen molar-refractivity contribution in [3.05, 3.63) is 29.8 Å². The first-order chi connectivity index (χ1) is 9.63. The number of nitrogens with one attached hydrogen (secondary N) is 1. The largest absolute Gasteiger partial charge is 0.493 e. The molecule has 0 saturated carbocycles. The highest BCUT2D eigenvalue weighted by atomic mass is 16.5. The van der Waals surface area contributed by atoms with Gasteiger partial charge in [-0.15, -0.1) is 0 Å². The highest BCUT2D eigenvalue weighted by Gasteiger charge is 2.02. The summed E-state index contributed by atoms with van der Waals surface area (Å²) in [5, 5.41) is 3.98. The zero-order chi connectivity index (χ0) is 14.8. The molecule has 110 valence electrons. The standard InChI is InChI=1S/C16H24N2O2/c1-4-5-10-16(19)18-17-11-14-8-6-7-9-15(14)20-12-13(2)3/h6-9,11,13H,4-5,10,12H2,1-3H3,(H,18,19)/b17-11+. The number of nitrogens with zero attached hydrogens (tertiary/aromatic N) is 1. The second-order valence-electron chi connectivity index (χ2n) is 5.14. The van der Waals surface area contributed by atoms with Gasteiger partial charge >= 0.3 is 0 Å². The Morgan fingerprint density at radius 3 is 2.85 bits per heavy atom. The number of unbranched alkanes of at least 4 members (excludes halogenated alkanes) is 1. The number of para-hydroxylation sites is 1. The maximum Gasteiger partial charge on any atom is 0.240 e. The molecule has 0 aliphatic rings. The van der Waals surface area contributed by atoms with Crippen LogP contribution in [0.1, 0.15) is 45.6 Å². The third kappa shape index (κ3) is 6.36. The summed E-state index contributed by atoms with van der Waals surface area (Å²) in [6, 6.07) is 7.66. The van der Waals surface area contributed by atoms with Crippen LogP contribution < -0.4 is 10.2 Å². The van der Waals surface area contributed by atoms with Gasteiger partial charge in [-0.3, -0.25) is 4.79 Å². The van der Waals surface area contributed by atoms with Gasteiger partial charge in [0.25, 0.3) is 0 Å². The van der Waals surface area contributed by atoms with Crippen LogP contribution in [0.4, 0.5) is 0 Å². The van der Waals surface area contributed by atoms with Gasteiger partial charge in [-0.25, -0.2) is 5.43 Å². The average Bonchev–Trinajstić information content (AvgIpc) is 2.44. The fourth-order valence-corrected chi connectivity index (χ4v) is 1.54. The van der Waals surface area contributed by atoms with E-state index in [1.165, 1.54) is 0 Å². The smallest absolute Gasteiger partial charge is 0.240 e. The number of rotatable bonds is 8. The minimum atomic E-state index is -0.0521. The number of carbonyl (C=O) groups is 1. The molecule has 0 heterocycles. The van der Waals surface area contributed by atoms with Crippen LogP contribution in [0.25, 0.3) is 0 Å². The van der Waals surface area contributed by atoms with E-state index in [2.05, 4.69) is 31.3 Å². The van der Waals surface area contributed by atoms with Crippen molar-refractivity contribution >= 4 is 12.1 Å². The number of benzene rings is 1. The minimum Gasteiger partial charge on any atom is -0.493 e. The Morgan fingerprint density at radius 1 is 1.40 bits per heavy atom. The first-order valence-electron chi connectivity index (χ1n) is 7.17. The summed E-state index contributed by atoms with van der Waals surface area (Å²) < 4.78 is 5.72. The molecule has 0 radical (unpaired) electrons. The van der Waals surface area contributed by atoms with E-state index in [-0.39, 0.29) is 5.91 Å². The van der Waals surface area contributed by atoms with E-state index in [1.54, 1.807) is 6.21 Å². The molecule has 4 heteroatoms. The van der Waals surface area contributed by atoms with Crippen molar-refractivity contribution in [2.75, 3.05) is 6.61 Å². The van der Waals surface area contributed by atoms with Crippen LogP contribution in [0.3, 0.4) is 0 Å². The Morgan fingerprint density at radius 2 is 2.15 bits per heavy atom. The molecule has 0 bridgehead atoms. The van der Waals surface area contributed by atoms with Crippen LogP contribution in [0.5, 0.6) is 5.75 Å². The van der Waals surface area contributed by atoms with Gasteiger partial charge in [0.15, 0.2) is 0 Å². The molecule has 0 spiro atoms. The molecule has 0 atom stereocenters. The molecular formula is C16H24N2O2. The van der Waals surface area contributed by atoms with Gasteiger partial charge in [0.05, 0.1) is 12.8 Å². The molecule has 0 unspecified atom stereocenters. The average molecular weight is 276 g/mol. The number of hydrazone groups is 1. The summed E-state index contributed by atoms with van der Waals surface area (Å²) in [5.74, 6) is 1.20. The molecule has 1 amide bonds. The molecule has 0 aromatic heterocycles. The SMILES string of the molecule is CCCCC(=O)N/N=C/c1ccccc1OCC(C)C. The summed E-state index contributed by atoms with van der Waals surface area (Å²) in [5.41, 5.74) is 3.40. The van der Waals surface area contributed by atoms with E-state index in [4.69, 9.17) is 4.74 Å². The normalized spacial score (nSPS) is 11.0. The van der Waals surface area contributed by atoms with Crippen molar-refractivity contribution in [2.45, 2.75) is 40.0 Å². The fraction of sp³-hybridized carbons (Fsp3) is 0.500. The molecule has 0 fully saturated rings. The first-order valence-corrected chi connectivity index (χ1v) is 7.17. The summed E-state index contributed by atoms with van der Waals surface area (Å²) in [6.07, 6.45) is 4.03. The van der Waals surface area contributed by atoms with E-state index >= 15 is 0 Å². The Labute approximate surface area is 121 Å². The van der Waals surface area contributed by atoms with E-state index in [0.717, 1.165) is 24.2 Å². The van der Waals surface area contributed by atoms with Crippen LogP contribution in [-0.4, -0.2) is 18.7 Å². The third-order valence-electron chi connectivity index (χ3n) is 2.64. The monoisotopic (exact) mass is 276 g/mol. The predicted molar refractivity (Wildman–Crippen MR) is 82.0 cm³/mol. The number of amides is 1. The maximum atomic E-state index is 11.4. The van der Waals surface area contributed by atoms with Crippen LogP contribution in [0, 0.1) is 5.92 Å². The Balaban J connectivity index is 2.55. The van der Waals surface area contributed by atoms with E-state index in [0.29, 0.717) is 18.9 Å². The number of ether oxygens (including phenoxy) is 1. The van der Waals surface area contributed by atoms with Crippen molar-refractivity contribution in [1.29, 1.82) is 0 Å². The molecule has 0 aliphatic heterocycles. The third-order valence-corrected chi connectivity index (χ3v) is 2.64. The molecule has 1 N–H and O–H groups in total. The lowest BCUT2D eigenvalue weighted by atomic mass is 10.2. The van der Waals surface area contributed by atoms with E-state index < -0.39 is 0 Å². The van der Waals surface area contributed by atoms with Crippen LogP contribution >= 0.6 is 0 Å². The van der Waals surface area contributed by atoms with Crippen LogP contribution in [0.15, 0.2) is 29.4 Å². The lowest BCUT2D eigenvalue weighted by Crippen LogP contribution is -2.16. The Bertz CT molecular complexity index is 442. The van der Waals surface area contributed by atoms with Crippen molar-refractivity contribution in [2.24, 2.45) is 11.0 Å². The topological polar surface area (TPSA) is 50.7 Å². The molecular weight excluding hydrogens is 252 g/mol. The quantitative estimate of drug-likeness (QED) is 0.584. The van der Waals surface area contributed by atoms with Gasteiger partial charge in [0.1, 0.15) is 5.75 Å². The van der Waals surface area contributed by atoms with E-state index in [9.17, 15) is 4.79 Å². The molecule has 0 aliphatic carbocycles. The molecule has 1 aromatic rings. The van der Waals surface area contributed by atoms with E-state index in [1.807, 2.05) is 24.3 Å². The van der Waals surface area contributed by atoms with Gasteiger partial charge in [0, 0.05) is 12.0 Å². The molecule has 0 saturated heterocycles. The lowest BCUT2D eigenvalue weighted by Gasteiger charge is -2.10. The highest BCUT2D eigenvalue weighted by Crippen LogP contribution is 2.16. The van der Waals surface area contributed by atoms with Crippen LogP contribution in [0.2, 0.25) is 0 Å². The molecule has 1 aromatic carbocycles. The van der Waals surface area contributed by atoms with Gasteiger partial charge < -0.3 is 4.74 Å². The summed E-state index contributed by atoms with van der Waals surface area (Å²) in [6.45, 7) is 6.92. The van der Waals surface area contributed by atoms with Gasteiger partial charge in [0.2, 0.25) is 5.91 Å². The highest BCUT2D eigenvalue weighted by molar-refractivity contribution is 5.85. The first kappa shape index (κ1) is 16.2. The minimum absolute atomic E-state index is 0.0521. The van der Waals surface area contributed by atoms with Gasteiger partial charge in [-0.1, -0.05) is 39.3 Å². The molecule has 4 nitrogen and oxygen atoms in total. The van der Waals surface area contributed by atoms with Gasteiger partial charge in [-0.05, 0) is 24.5 Å². The number of hydrogen-bond donors (Lipinski definition) is 1. The van der Waals surface area contributed by atoms with Gasteiger partial charge in [-0.2, -0.15) is 5.10 Å². The molecule has 1 rings (SSSR count). The summed E-state index contributed by atoms with van der Waals surface area (Å²) in [4.78, 5) is 11.4. The molecule has 20 heavy (non-hydrogen) atoms. The second-order valence-corrected chi connectivity index (χ2v) is 5.14. The summed E-state index contributed by atoms with van der Waals surface area (Å²) in [7, 11) is 0. The zero-order valence-electron chi connectivity index (χ0n) is 12.6. The summed E-state index contributed by atoms with van der Waals surface area (Å²) >= 11 is 0. The lowest BCUT2D eigenvalue weighted by molar-refractivity contribution is -0.121. The fourth-order valence-electron chi connectivity index (χ4n) is 1.54. The maximum absolute atomic E-state index is 11.4.